The maximum atomic E-state index is 12.0. The number of carbonyl (C=O) groups excluding carboxylic acids is 1. The molecule has 6 heteroatoms. The van der Waals surface area contributed by atoms with Gasteiger partial charge in [-0.15, -0.1) is 0 Å². The van der Waals surface area contributed by atoms with E-state index < -0.39 is 5.97 Å². The molecule has 0 fully saturated rings. The van der Waals surface area contributed by atoms with Crippen LogP contribution < -0.4 is 14.2 Å². The van der Waals surface area contributed by atoms with Crippen molar-refractivity contribution in [1.29, 1.82) is 0 Å². The van der Waals surface area contributed by atoms with Crippen LogP contribution in [-0.4, -0.2) is 37.5 Å². The molecule has 130 valence electrons. The Bertz CT molecular complexity index is 512. The average Bonchev–Trinajstić information content (AvgIpc) is 2.53. The third-order valence-electron chi connectivity index (χ3n) is 3.00. The minimum absolute atomic E-state index is 0.00147. The second-order valence-corrected chi connectivity index (χ2v) is 4.72. The lowest BCUT2D eigenvalue weighted by molar-refractivity contribution is 0.0521. The second-order valence-electron chi connectivity index (χ2n) is 4.72. The van der Waals surface area contributed by atoms with Gasteiger partial charge >= 0.3 is 5.97 Å². The fraction of sp³-hybridized carbons (Fsp3) is 0.588. The average molecular weight is 326 g/mol. The zero-order chi connectivity index (χ0) is 17.2. The largest absolute Gasteiger partial charge is 0.504 e. The van der Waals surface area contributed by atoms with Crippen LogP contribution in [0.1, 0.15) is 50.9 Å². The number of ether oxygens (including phenoxy) is 4. The van der Waals surface area contributed by atoms with Gasteiger partial charge in [0.2, 0.25) is 11.5 Å². The van der Waals surface area contributed by atoms with E-state index in [1.165, 1.54) is 6.07 Å². The van der Waals surface area contributed by atoms with Crippen molar-refractivity contribution in [2.24, 2.45) is 0 Å². The van der Waals surface area contributed by atoms with E-state index >= 15 is 0 Å². The highest BCUT2D eigenvalue weighted by atomic mass is 16.5. The topological polar surface area (TPSA) is 74.2 Å². The molecule has 0 bridgehead atoms. The number of hydrogen-bond donors (Lipinski definition) is 1. The third kappa shape index (κ3) is 4.94. The first-order valence-electron chi connectivity index (χ1n) is 8.05. The summed E-state index contributed by atoms with van der Waals surface area (Å²) in [7, 11) is 0. The lowest BCUT2D eigenvalue weighted by atomic mass is 10.1. The zero-order valence-corrected chi connectivity index (χ0v) is 14.3. The van der Waals surface area contributed by atoms with E-state index in [2.05, 4.69) is 6.92 Å². The summed E-state index contributed by atoms with van der Waals surface area (Å²) in [4.78, 5) is 12.0. The number of hydrogen-bond acceptors (Lipinski definition) is 6. The van der Waals surface area contributed by atoms with E-state index in [9.17, 15) is 9.90 Å². The maximum Gasteiger partial charge on any atom is 0.342 e. The van der Waals surface area contributed by atoms with E-state index in [1.807, 2.05) is 6.92 Å². The Balaban J connectivity index is 3.34. The number of phenols is 1. The first kappa shape index (κ1) is 18.9. The molecule has 0 amide bonds. The van der Waals surface area contributed by atoms with Crippen LogP contribution in [0.25, 0.3) is 0 Å². The van der Waals surface area contributed by atoms with Crippen LogP contribution in [0.4, 0.5) is 0 Å². The number of rotatable bonds is 10. The predicted octanol–water partition coefficient (Wildman–Crippen LogP) is 3.55. The SMILES string of the molecule is CCCCOc1c(OCC)cc(C(=O)OCC)c(O)c1OCC. The van der Waals surface area contributed by atoms with Crippen molar-refractivity contribution in [2.75, 3.05) is 26.4 Å². The minimum atomic E-state index is -0.632. The highest BCUT2D eigenvalue weighted by molar-refractivity contribution is 5.95. The minimum Gasteiger partial charge on any atom is -0.504 e. The van der Waals surface area contributed by atoms with Gasteiger partial charge in [0, 0.05) is 6.07 Å². The van der Waals surface area contributed by atoms with Crippen molar-refractivity contribution < 1.29 is 28.8 Å². The number of aromatic hydroxyl groups is 1. The van der Waals surface area contributed by atoms with Gasteiger partial charge in [0.15, 0.2) is 11.5 Å². The number of benzene rings is 1. The quantitative estimate of drug-likeness (QED) is 0.523. The van der Waals surface area contributed by atoms with Crippen LogP contribution in [0.2, 0.25) is 0 Å². The smallest absolute Gasteiger partial charge is 0.342 e. The summed E-state index contributed by atoms with van der Waals surface area (Å²) in [6.45, 7) is 8.75. The molecule has 0 radical (unpaired) electrons. The van der Waals surface area contributed by atoms with Gasteiger partial charge in [-0.25, -0.2) is 4.79 Å². The number of carbonyl (C=O) groups is 1. The fourth-order valence-corrected chi connectivity index (χ4v) is 1.97. The van der Waals surface area contributed by atoms with Crippen LogP contribution in [-0.2, 0) is 4.74 Å². The molecule has 0 saturated carbocycles. The molecule has 0 aliphatic rings. The normalized spacial score (nSPS) is 10.3. The van der Waals surface area contributed by atoms with Crippen molar-refractivity contribution in [1.82, 2.24) is 0 Å². The highest BCUT2D eigenvalue weighted by Gasteiger charge is 2.25. The Labute approximate surface area is 137 Å². The molecule has 0 saturated heterocycles. The zero-order valence-electron chi connectivity index (χ0n) is 14.3. The predicted molar refractivity (Wildman–Crippen MR) is 86.8 cm³/mol. The lowest BCUT2D eigenvalue weighted by Crippen LogP contribution is -2.09. The molecule has 23 heavy (non-hydrogen) atoms. The number of esters is 1. The lowest BCUT2D eigenvalue weighted by Gasteiger charge is -2.19. The molecule has 1 aromatic carbocycles. The Kier molecular flexibility index (Phi) is 8.08. The van der Waals surface area contributed by atoms with Crippen LogP contribution in [0.15, 0.2) is 6.07 Å². The fourth-order valence-electron chi connectivity index (χ4n) is 1.97. The monoisotopic (exact) mass is 326 g/mol. The van der Waals surface area contributed by atoms with Crippen LogP contribution in [0, 0.1) is 0 Å². The molecule has 0 heterocycles. The number of phenolic OH excluding ortho intramolecular Hbond substituents is 1. The standard InChI is InChI=1S/C17H26O6/c1-5-9-10-23-15-13(20-6-2)11-12(17(19)22-8-4)14(18)16(15)21-7-3/h11,18H,5-10H2,1-4H3. The molecule has 0 spiro atoms. The van der Waals surface area contributed by atoms with Crippen LogP contribution in [0.5, 0.6) is 23.0 Å². The van der Waals surface area contributed by atoms with E-state index in [-0.39, 0.29) is 23.7 Å². The van der Waals surface area contributed by atoms with Crippen LogP contribution in [0.3, 0.4) is 0 Å². The maximum absolute atomic E-state index is 12.0. The van der Waals surface area contributed by atoms with Crippen molar-refractivity contribution in [3.05, 3.63) is 11.6 Å². The summed E-state index contributed by atoms with van der Waals surface area (Å²) in [6, 6.07) is 1.43. The molecule has 0 unspecified atom stereocenters. The molecule has 0 atom stereocenters. The summed E-state index contributed by atoms with van der Waals surface area (Å²) >= 11 is 0. The summed E-state index contributed by atoms with van der Waals surface area (Å²) in [5.41, 5.74) is 0.00147. The van der Waals surface area contributed by atoms with Gasteiger partial charge in [0.1, 0.15) is 5.56 Å². The van der Waals surface area contributed by atoms with Crippen LogP contribution >= 0.6 is 0 Å². The molecule has 1 rings (SSSR count). The molecule has 1 N–H and O–H groups in total. The first-order valence-corrected chi connectivity index (χ1v) is 8.05. The third-order valence-corrected chi connectivity index (χ3v) is 3.00. The Morgan fingerprint density at radius 1 is 1.00 bits per heavy atom. The van der Waals surface area contributed by atoms with E-state index in [1.54, 1.807) is 13.8 Å². The van der Waals surface area contributed by atoms with Gasteiger partial charge in [-0.2, -0.15) is 0 Å². The molecule has 0 aromatic heterocycles. The highest BCUT2D eigenvalue weighted by Crippen LogP contribution is 2.46. The van der Waals surface area contributed by atoms with Crippen molar-refractivity contribution in [2.45, 2.75) is 40.5 Å². The molecule has 0 aliphatic heterocycles. The van der Waals surface area contributed by atoms with Crippen molar-refractivity contribution >= 4 is 5.97 Å². The summed E-state index contributed by atoms with van der Waals surface area (Å²) in [5, 5.41) is 10.4. The Morgan fingerprint density at radius 2 is 1.70 bits per heavy atom. The first-order chi connectivity index (χ1) is 11.1. The summed E-state index contributed by atoms with van der Waals surface area (Å²) < 4.78 is 21.7. The van der Waals surface area contributed by atoms with E-state index in [0.717, 1.165) is 12.8 Å². The molecular formula is C17H26O6. The van der Waals surface area contributed by atoms with E-state index in [4.69, 9.17) is 18.9 Å². The van der Waals surface area contributed by atoms with Gasteiger partial charge in [0.05, 0.1) is 26.4 Å². The van der Waals surface area contributed by atoms with Gasteiger partial charge < -0.3 is 24.1 Å². The summed E-state index contributed by atoms with van der Waals surface area (Å²) in [6.07, 6.45) is 1.83. The van der Waals surface area contributed by atoms with Gasteiger partial charge in [-0.1, -0.05) is 13.3 Å². The molecular weight excluding hydrogens is 300 g/mol. The number of unbranched alkanes of at least 4 members (excludes halogenated alkanes) is 1. The Morgan fingerprint density at radius 3 is 2.26 bits per heavy atom. The van der Waals surface area contributed by atoms with Crippen molar-refractivity contribution in [3.63, 3.8) is 0 Å². The van der Waals surface area contributed by atoms with Gasteiger partial charge in [-0.05, 0) is 27.2 Å². The molecule has 1 aromatic rings. The summed E-state index contributed by atoms with van der Waals surface area (Å²) in [5.74, 6) is -0.148. The molecule has 6 nitrogen and oxygen atoms in total. The molecule has 0 aliphatic carbocycles. The van der Waals surface area contributed by atoms with E-state index in [0.29, 0.717) is 31.3 Å². The Hall–Kier alpha value is -2.11. The van der Waals surface area contributed by atoms with Gasteiger partial charge in [0.25, 0.3) is 0 Å². The van der Waals surface area contributed by atoms with Crippen molar-refractivity contribution in [3.8, 4) is 23.0 Å². The second kappa shape index (κ2) is 9.82. The van der Waals surface area contributed by atoms with Gasteiger partial charge in [-0.3, -0.25) is 0 Å².